The second-order valence-corrected chi connectivity index (χ2v) is 6.48. The smallest absolute Gasteiger partial charge is 0.265 e. The van der Waals surface area contributed by atoms with Crippen LogP contribution in [0.3, 0.4) is 0 Å². The lowest BCUT2D eigenvalue weighted by molar-refractivity contribution is 0.102. The maximum atomic E-state index is 13.3. The van der Waals surface area contributed by atoms with E-state index in [1.807, 2.05) is 6.07 Å². The fourth-order valence-corrected chi connectivity index (χ4v) is 3.13. The van der Waals surface area contributed by atoms with Gasteiger partial charge in [-0.15, -0.1) is 0 Å². The quantitative estimate of drug-likeness (QED) is 0.569. The summed E-state index contributed by atoms with van der Waals surface area (Å²) in [6.07, 6.45) is 0. The van der Waals surface area contributed by atoms with Gasteiger partial charge in [0.1, 0.15) is 17.5 Å². The Balaban J connectivity index is 1.64. The number of carbonyl (C=O) groups excluding carboxylic acids is 1. The Kier molecular flexibility index (Phi) is 4.64. The van der Waals surface area contributed by atoms with Crippen molar-refractivity contribution in [1.29, 1.82) is 0 Å². The Morgan fingerprint density at radius 2 is 1.62 bits per heavy atom. The van der Waals surface area contributed by atoms with Crippen molar-refractivity contribution >= 4 is 22.5 Å². The first-order chi connectivity index (χ1) is 13.9. The lowest BCUT2D eigenvalue weighted by Crippen LogP contribution is -2.22. The fraction of sp³-hybridized carbons (Fsp3) is 0.0455. The number of nitrogens with one attached hydrogen (secondary N) is 1. The van der Waals surface area contributed by atoms with Crippen LogP contribution in [-0.4, -0.2) is 15.5 Å². The zero-order chi connectivity index (χ0) is 20.5. The summed E-state index contributed by atoms with van der Waals surface area (Å²) in [7, 11) is 0. The molecule has 0 atom stereocenters. The molecule has 4 aromatic rings. The Labute approximate surface area is 164 Å². The van der Waals surface area contributed by atoms with Crippen LogP contribution in [0.1, 0.15) is 16.2 Å². The van der Waals surface area contributed by atoms with Gasteiger partial charge in [-0.2, -0.15) is 0 Å². The molecule has 1 amide bonds. The predicted molar refractivity (Wildman–Crippen MR) is 106 cm³/mol. The molecule has 3 aromatic carbocycles. The van der Waals surface area contributed by atoms with Gasteiger partial charge in [0.05, 0.1) is 16.6 Å². The van der Waals surface area contributed by atoms with Crippen molar-refractivity contribution in [2.75, 3.05) is 5.32 Å². The third-order valence-corrected chi connectivity index (χ3v) is 4.45. The number of aryl methyl sites for hydroxylation is 1. The molecule has 0 radical (unpaired) electrons. The average Bonchev–Trinajstić information content (AvgIpc) is 2.68. The van der Waals surface area contributed by atoms with Gasteiger partial charge in [-0.1, -0.05) is 12.1 Å². The number of benzene rings is 3. The minimum Gasteiger partial charge on any atom is -0.322 e. The molecule has 29 heavy (non-hydrogen) atoms. The molecule has 1 aromatic heterocycles. The molecule has 7 heteroatoms. The molecule has 1 N–H and O–H groups in total. The summed E-state index contributed by atoms with van der Waals surface area (Å²) in [5.74, 6) is -1.77. The Morgan fingerprint density at radius 1 is 0.966 bits per heavy atom. The molecule has 0 unspecified atom stereocenters. The van der Waals surface area contributed by atoms with E-state index in [1.165, 1.54) is 4.57 Å². The standard InChI is InChI=1S/C22H15F2N3O2/c1-13-25-20-5-3-2-4-19(20)22(29)27(13)18-8-6-17(7-9-18)26-21(28)14-10-15(23)12-16(24)11-14/h2-12H,1H3,(H,26,28). The highest BCUT2D eigenvalue weighted by atomic mass is 19.1. The molecule has 5 nitrogen and oxygen atoms in total. The van der Waals surface area contributed by atoms with Crippen LogP contribution in [0, 0.1) is 18.6 Å². The van der Waals surface area contributed by atoms with Crippen LogP contribution < -0.4 is 10.9 Å². The van der Waals surface area contributed by atoms with Crippen molar-refractivity contribution in [2.24, 2.45) is 0 Å². The van der Waals surface area contributed by atoms with E-state index in [2.05, 4.69) is 10.3 Å². The normalized spacial score (nSPS) is 10.9. The van der Waals surface area contributed by atoms with E-state index in [-0.39, 0.29) is 11.1 Å². The first-order valence-corrected chi connectivity index (χ1v) is 8.79. The molecule has 4 rings (SSSR count). The van der Waals surface area contributed by atoms with Gasteiger partial charge < -0.3 is 5.32 Å². The van der Waals surface area contributed by atoms with Gasteiger partial charge in [-0.25, -0.2) is 13.8 Å². The molecule has 0 fully saturated rings. The van der Waals surface area contributed by atoms with Gasteiger partial charge in [0.25, 0.3) is 11.5 Å². The molecular formula is C22H15F2N3O2. The zero-order valence-electron chi connectivity index (χ0n) is 15.3. The molecule has 0 aliphatic carbocycles. The van der Waals surface area contributed by atoms with Gasteiger partial charge in [-0.3, -0.25) is 14.2 Å². The molecule has 0 saturated heterocycles. The number of hydrogen-bond donors (Lipinski definition) is 1. The van der Waals surface area contributed by atoms with Crippen LogP contribution in [0.2, 0.25) is 0 Å². The monoisotopic (exact) mass is 391 g/mol. The predicted octanol–water partition coefficient (Wildman–Crippen LogP) is 4.22. The minimum atomic E-state index is -0.829. The van der Waals surface area contributed by atoms with E-state index in [0.29, 0.717) is 34.2 Å². The number of carbonyl (C=O) groups is 1. The lowest BCUT2D eigenvalue weighted by atomic mass is 10.2. The topological polar surface area (TPSA) is 64.0 Å². The van der Waals surface area contributed by atoms with Gasteiger partial charge in [-0.05, 0) is 55.5 Å². The second-order valence-electron chi connectivity index (χ2n) is 6.48. The third kappa shape index (κ3) is 3.62. The first kappa shape index (κ1) is 18.5. The fourth-order valence-electron chi connectivity index (χ4n) is 3.13. The molecule has 0 bridgehead atoms. The summed E-state index contributed by atoms with van der Waals surface area (Å²) in [6.45, 7) is 1.74. The summed E-state index contributed by atoms with van der Waals surface area (Å²) >= 11 is 0. The van der Waals surface area contributed by atoms with E-state index >= 15 is 0 Å². The van der Waals surface area contributed by atoms with Crippen LogP contribution >= 0.6 is 0 Å². The largest absolute Gasteiger partial charge is 0.322 e. The summed E-state index contributed by atoms with van der Waals surface area (Å²) < 4.78 is 28.1. The van der Waals surface area contributed by atoms with Crippen LogP contribution in [0.4, 0.5) is 14.5 Å². The highest BCUT2D eigenvalue weighted by Gasteiger charge is 2.12. The van der Waals surface area contributed by atoms with E-state index < -0.39 is 17.5 Å². The van der Waals surface area contributed by atoms with Gasteiger partial charge >= 0.3 is 0 Å². The number of anilines is 1. The number of para-hydroxylation sites is 1. The Morgan fingerprint density at radius 3 is 2.31 bits per heavy atom. The first-order valence-electron chi connectivity index (χ1n) is 8.79. The zero-order valence-corrected chi connectivity index (χ0v) is 15.3. The van der Waals surface area contributed by atoms with Gasteiger partial charge in [0.15, 0.2) is 0 Å². The Bertz CT molecular complexity index is 1280. The summed E-state index contributed by atoms with van der Waals surface area (Å²) in [6, 6.07) is 16.2. The maximum Gasteiger partial charge on any atom is 0.265 e. The molecule has 0 aliphatic rings. The van der Waals surface area contributed by atoms with E-state index in [1.54, 1.807) is 49.4 Å². The minimum absolute atomic E-state index is 0.127. The molecule has 1 heterocycles. The Hall–Kier alpha value is -3.87. The van der Waals surface area contributed by atoms with E-state index in [0.717, 1.165) is 12.1 Å². The lowest BCUT2D eigenvalue weighted by Gasteiger charge is -2.12. The number of rotatable bonds is 3. The highest BCUT2D eigenvalue weighted by Crippen LogP contribution is 2.17. The summed E-state index contributed by atoms with van der Waals surface area (Å²) in [5, 5.41) is 3.08. The van der Waals surface area contributed by atoms with Crippen molar-refractivity contribution in [3.8, 4) is 5.69 Å². The van der Waals surface area contributed by atoms with Crippen LogP contribution in [0.25, 0.3) is 16.6 Å². The van der Waals surface area contributed by atoms with Crippen molar-refractivity contribution in [2.45, 2.75) is 6.92 Å². The summed E-state index contributed by atoms with van der Waals surface area (Å²) in [5.41, 5.74) is 1.30. The van der Waals surface area contributed by atoms with Crippen LogP contribution in [0.15, 0.2) is 71.5 Å². The van der Waals surface area contributed by atoms with Gasteiger partial charge in [0, 0.05) is 17.3 Å². The highest BCUT2D eigenvalue weighted by molar-refractivity contribution is 6.04. The second kappa shape index (κ2) is 7.27. The molecule has 0 saturated carbocycles. The van der Waals surface area contributed by atoms with Crippen molar-refractivity contribution in [3.05, 3.63) is 100 Å². The molecule has 0 spiro atoms. The average molecular weight is 391 g/mol. The van der Waals surface area contributed by atoms with Crippen molar-refractivity contribution in [1.82, 2.24) is 9.55 Å². The van der Waals surface area contributed by atoms with Crippen LogP contribution in [0.5, 0.6) is 0 Å². The summed E-state index contributed by atoms with van der Waals surface area (Å²) in [4.78, 5) is 29.5. The number of aromatic nitrogens is 2. The number of halogens is 2. The van der Waals surface area contributed by atoms with Crippen molar-refractivity contribution in [3.63, 3.8) is 0 Å². The number of hydrogen-bond acceptors (Lipinski definition) is 3. The van der Waals surface area contributed by atoms with Crippen LogP contribution in [-0.2, 0) is 0 Å². The van der Waals surface area contributed by atoms with E-state index in [4.69, 9.17) is 0 Å². The SMILES string of the molecule is Cc1nc2ccccc2c(=O)n1-c1ccc(NC(=O)c2cc(F)cc(F)c2)cc1. The maximum absolute atomic E-state index is 13.3. The molecule has 144 valence electrons. The van der Waals surface area contributed by atoms with E-state index in [9.17, 15) is 18.4 Å². The number of fused-ring (bicyclic) bond motifs is 1. The van der Waals surface area contributed by atoms with Gasteiger partial charge in [0.2, 0.25) is 0 Å². The third-order valence-electron chi connectivity index (χ3n) is 4.45. The molecular weight excluding hydrogens is 376 g/mol. The number of amides is 1. The van der Waals surface area contributed by atoms with Crippen molar-refractivity contribution < 1.29 is 13.6 Å². The number of nitrogens with zero attached hydrogens (tertiary/aromatic N) is 2. The molecule has 0 aliphatic heterocycles.